The maximum Gasteiger partial charge on any atom is 0.207 e. The monoisotopic (exact) mass is 273 g/mol. The van der Waals surface area contributed by atoms with E-state index in [1.165, 1.54) is 24.3 Å². The van der Waals surface area contributed by atoms with Gasteiger partial charge in [-0.2, -0.15) is 11.8 Å². The maximum atomic E-state index is 4.63. The Hall–Kier alpha value is -1.42. The first-order valence-corrected chi connectivity index (χ1v) is 7.94. The van der Waals surface area contributed by atoms with E-state index in [0.29, 0.717) is 6.04 Å². The molecule has 1 N–H and O–H groups in total. The minimum absolute atomic E-state index is 0.561. The van der Waals surface area contributed by atoms with E-state index in [9.17, 15) is 0 Å². The molecular formula is C15H19N3S. The van der Waals surface area contributed by atoms with Crippen molar-refractivity contribution in [3.05, 3.63) is 42.2 Å². The molecule has 3 nitrogen and oxygen atoms in total. The fraction of sp³-hybridized carbons (Fsp3) is 0.400. The molecule has 4 heteroatoms. The van der Waals surface area contributed by atoms with Gasteiger partial charge in [0.15, 0.2) is 0 Å². The number of aromatic nitrogens is 2. The first kappa shape index (κ1) is 12.6. The second kappa shape index (κ2) is 5.70. The Kier molecular flexibility index (Phi) is 3.78. The molecule has 0 bridgehead atoms. The number of benzene rings is 1. The number of imidazole rings is 1. The summed E-state index contributed by atoms with van der Waals surface area (Å²) in [6.45, 7) is 2.04. The Morgan fingerprint density at radius 2 is 1.95 bits per heavy atom. The molecule has 0 saturated carbocycles. The Morgan fingerprint density at radius 1 is 1.21 bits per heavy atom. The van der Waals surface area contributed by atoms with Crippen LogP contribution in [-0.4, -0.2) is 27.1 Å². The summed E-state index contributed by atoms with van der Waals surface area (Å²) in [4.78, 5) is 4.63. The number of thioether (sulfide) groups is 1. The van der Waals surface area contributed by atoms with Crippen LogP contribution in [-0.2, 0) is 0 Å². The average Bonchev–Trinajstić information content (AvgIpc) is 2.82. The van der Waals surface area contributed by atoms with Gasteiger partial charge in [-0.25, -0.2) is 4.98 Å². The third kappa shape index (κ3) is 2.95. The molecule has 1 aliphatic heterocycles. The topological polar surface area (TPSA) is 29.9 Å². The molecule has 1 aromatic carbocycles. The fourth-order valence-electron chi connectivity index (χ4n) is 2.41. The lowest BCUT2D eigenvalue weighted by Crippen LogP contribution is -2.26. The van der Waals surface area contributed by atoms with Gasteiger partial charge >= 0.3 is 0 Å². The second-order valence-corrected chi connectivity index (χ2v) is 6.17. The van der Waals surface area contributed by atoms with Crippen LogP contribution in [0.3, 0.4) is 0 Å². The van der Waals surface area contributed by atoms with Crippen molar-refractivity contribution >= 4 is 17.7 Å². The fourth-order valence-corrected chi connectivity index (χ4v) is 3.52. The number of nitrogens with zero attached hydrogens (tertiary/aromatic N) is 2. The van der Waals surface area contributed by atoms with Gasteiger partial charge < -0.3 is 5.32 Å². The standard InChI is InChI=1S/C15H19N3S/c1-12-11-18(14-5-3-2-4-6-14)15(16-12)17-13-7-9-19-10-8-13/h2-6,11,13H,7-10H2,1H3,(H,16,17). The van der Waals surface area contributed by atoms with Gasteiger partial charge in [0.25, 0.3) is 0 Å². The van der Waals surface area contributed by atoms with Gasteiger partial charge in [-0.1, -0.05) is 18.2 Å². The molecule has 1 saturated heterocycles. The van der Waals surface area contributed by atoms with E-state index >= 15 is 0 Å². The van der Waals surface area contributed by atoms with Crippen LogP contribution in [0.5, 0.6) is 0 Å². The zero-order chi connectivity index (χ0) is 13.1. The van der Waals surface area contributed by atoms with E-state index in [2.05, 4.69) is 45.3 Å². The van der Waals surface area contributed by atoms with Crippen LogP contribution in [0, 0.1) is 6.92 Å². The van der Waals surface area contributed by atoms with Gasteiger partial charge in [0.1, 0.15) is 0 Å². The number of hydrogen-bond donors (Lipinski definition) is 1. The quantitative estimate of drug-likeness (QED) is 0.928. The van der Waals surface area contributed by atoms with Gasteiger partial charge in [0, 0.05) is 17.9 Å². The molecule has 1 aromatic heterocycles. The van der Waals surface area contributed by atoms with Crippen LogP contribution in [0.2, 0.25) is 0 Å². The molecule has 1 fully saturated rings. The number of aryl methyl sites for hydroxylation is 1. The summed E-state index contributed by atoms with van der Waals surface area (Å²) in [5.74, 6) is 3.48. The molecule has 0 atom stereocenters. The first-order valence-electron chi connectivity index (χ1n) is 6.78. The summed E-state index contributed by atoms with van der Waals surface area (Å²) in [7, 11) is 0. The lowest BCUT2D eigenvalue weighted by atomic mass is 10.2. The average molecular weight is 273 g/mol. The van der Waals surface area contributed by atoms with E-state index in [1.807, 2.05) is 24.8 Å². The number of rotatable bonds is 3. The zero-order valence-corrected chi connectivity index (χ0v) is 12.0. The molecule has 1 aliphatic rings. The molecule has 100 valence electrons. The predicted molar refractivity (Wildman–Crippen MR) is 82.3 cm³/mol. The maximum absolute atomic E-state index is 4.63. The highest BCUT2D eigenvalue weighted by atomic mass is 32.2. The molecular weight excluding hydrogens is 254 g/mol. The molecule has 0 radical (unpaired) electrons. The molecule has 0 aliphatic carbocycles. The lowest BCUT2D eigenvalue weighted by Gasteiger charge is -2.23. The van der Waals surface area contributed by atoms with Gasteiger partial charge in [-0.15, -0.1) is 0 Å². The summed E-state index contributed by atoms with van der Waals surface area (Å²) in [5.41, 5.74) is 2.22. The third-order valence-corrected chi connectivity index (χ3v) is 4.46. The van der Waals surface area contributed by atoms with Gasteiger partial charge in [0.05, 0.1) is 5.69 Å². The molecule has 2 aromatic rings. The van der Waals surface area contributed by atoms with Crippen molar-refractivity contribution in [2.24, 2.45) is 0 Å². The normalized spacial score (nSPS) is 16.5. The van der Waals surface area contributed by atoms with Crippen LogP contribution >= 0.6 is 11.8 Å². The summed E-state index contributed by atoms with van der Waals surface area (Å²) < 4.78 is 2.15. The van der Waals surface area contributed by atoms with Crippen molar-refractivity contribution in [1.82, 2.24) is 9.55 Å². The van der Waals surface area contributed by atoms with Gasteiger partial charge in [0.2, 0.25) is 5.95 Å². The van der Waals surface area contributed by atoms with Crippen molar-refractivity contribution < 1.29 is 0 Å². The highest BCUT2D eigenvalue weighted by molar-refractivity contribution is 7.99. The first-order chi connectivity index (χ1) is 9.33. The Morgan fingerprint density at radius 3 is 2.68 bits per heavy atom. The van der Waals surface area contributed by atoms with Crippen molar-refractivity contribution in [3.63, 3.8) is 0 Å². The highest BCUT2D eigenvalue weighted by Gasteiger charge is 2.16. The largest absolute Gasteiger partial charge is 0.353 e. The molecule has 3 rings (SSSR count). The van der Waals surface area contributed by atoms with Crippen LogP contribution in [0.25, 0.3) is 5.69 Å². The summed E-state index contributed by atoms with van der Waals surface area (Å²) in [5, 5.41) is 3.61. The number of para-hydroxylation sites is 1. The van der Waals surface area contributed by atoms with Crippen molar-refractivity contribution in [1.29, 1.82) is 0 Å². The SMILES string of the molecule is Cc1cn(-c2ccccc2)c(NC2CCSCC2)n1. The van der Waals surface area contributed by atoms with Gasteiger partial charge in [-0.05, 0) is 43.4 Å². The molecule has 0 amide bonds. The van der Waals surface area contributed by atoms with Gasteiger partial charge in [-0.3, -0.25) is 4.57 Å². The smallest absolute Gasteiger partial charge is 0.207 e. The van der Waals surface area contributed by atoms with E-state index in [-0.39, 0.29) is 0 Å². The van der Waals surface area contributed by atoms with E-state index in [4.69, 9.17) is 0 Å². The Labute approximate surface area is 118 Å². The van der Waals surface area contributed by atoms with Crippen molar-refractivity contribution in [2.45, 2.75) is 25.8 Å². The number of hydrogen-bond acceptors (Lipinski definition) is 3. The minimum Gasteiger partial charge on any atom is -0.353 e. The van der Waals surface area contributed by atoms with Crippen LogP contribution in [0.1, 0.15) is 18.5 Å². The van der Waals surface area contributed by atoms with Crippen LogP contribution in [0.4, 0.5) is 5.95 Å². The number of nitrogens with one attached hydrogen (secondary N) is 1. The van der Waals surface area contributed by atoms with Crippen LogP contribution < -0.4 is 5.32 Å². The van der Waals surface area contributed by atoms with Crippen molar-refractivity contribution in [3.8, 4) is 5.69 Å². The second-order valence-electron chi connectivity index (χ2n) is 4.94. The van der Waals surface area contributed by atoms with E-state index in [1.54, 1.807) is 0 Å². The number of anilines is 1. The summed E-state index contributed by atoms with van der Waals surface area (Å²) >= 11 is 2.05. The minimum atomic E-state index is 0.561. The lowest BCUT2D eigenvalue weighted by molar-refractivity contribution is 0.658. The van der Waals surface area contributed by atoms with E-state index < -0.39 is 0 Å². The molecule has 0 unspecified atom stereocenters. The van der Waals surface area contributed by atoms with E-state index in [0.717, 1.165) is 17.3 Å². The Bertz CT molecular complexity index is 530. The zero-order valence-electron chi connectivity index (χ0n) is 11.2. The summed E-state index contributed by atoms with van der Waals surface area (Å²) in [6, 6.07) is 11.0. The van der Waals surface area contributed by atoms with Crippen molar-refractivity contribution in [2.75, 3.05) is 16.8 Å². The van der Waals surface area contributed by atoms with Crippen LogP contribution in [0.15, 0.2) is 36.5 Å². The molecule has 2 heterocycles. The summed E-state index contributed by atoms with van der Waals surface area (Å²) in [6.07, 6.45) is 4.55. The molecule has 19 heavy (non-hydrogen) atoms. The third-order valence-electron chi connectivity index (χ3n) is 3.42. The Balaban J connectivity index is 1.85. The predicted octanol–water partition coefficient (Wildman–Crippen LogP) is 3.49. The molecule has 0 spiro atoms. The highest BCUT2D eigenvalue weighted by Crippen LogP contribution is 2.22.